The molecule has 0 aliphatic heterocycles. The smallest absolute Gasteiger partial charge is 0.348 e. The van der Waals surface area contributed by atoms with Crippen LogP contribution in [0.25, 0.3) is 10.9 Å². The Morgan fingerprint density at radius 3 is 2.56 bits per heavy atom. The predicted molar refractivity (Wildman–Crippen MR) is 65.6 cm³/mol. The van der Waals surface area contributed by atoms with Gasteiger partial charge < -0.3 is 9.88 Å². The average molecular weight is 256 g/mol. The van der Waals surface area contributed by atoms with Crippen LogP contribution in [0.1, 0.15) is 11.3 Å². The van der Waals surface area contributed by atoms with Gasteiger partial charge in [0.25, 0.3) is 0 Å². The Bertz CT molecular complexity index is 555. The molecular formula is C13H15F3N2. The van der Waals surface area contributed by atoms with Gasteiger partial charge in [0.2, 0.25) is 0 Å². The van der Waals surface area contributed by atoms with Gasteiger partial charge in [-0.2, -0.15) is 13.2 Å². The van der Waals surface area contributed by atoms with Crippen LogP contribution in [0, 0.1) is 0 Å². The molecule has 0 atom stereocenters. The third-order valence-electron chi connectivity index (χ3n) is 3.10. The van der Waals surface area contributed by atoms with Gasteiger partial charge in [-0.1, -0.05) is 0 Å². The average Bonchev–Trinajstić information content (AvgIpc) is 2.62. The molecule has 2 rings (SSSR count). The fraction of sp³-hybridized carbons (Fsp3) is 0.385. The molecular weight excluding hydrogens is 241 g/mol. The molecule has 1 N–H and O–H groups in total. The molecule has 0 fully saturated rings. The second-order valence-corrected chi connectivity index (χ2v) is 4.32. The van der Waals surface area contributed by atoms with Crippen LogP contribution < -0.4 is 5.32 Å². The van der Waals surface area contributed by atoms with E-state index in [4.69, 9.17) is 0 Å². The summed E-state index contributed by atoms with van der Waals surface area (Å²) in [6.45, 7) is 0.802. The van der Waals surface area contributed by atoms with Crippen molar-refractivity contribution < 1.29 is 13.2 Å². The van der Waals surface area contributed by atoms with E-state index in [2.05, 4.69) is 5.32 Å². The van der Waals surface area contributed by atoms with E-state index in [1.54, 1.807) is 0 Å². The van der Waals surface area contributed by atoms with E-state index in [0.29, 0.717) is 5.39 Å². The molecule has 18 heavy (non-hydrogen) atoms. The van der Waals surface area contributed by atoms with Crippen molar-refractivity contribution in [3.8, 4) is 0 Å². The van der Waals surface area contributed by atoms with Gasteiger partial charge in [0.1, 0.15) is 0 Å². The largest absolute Gasteiger partial charge is 0.416 e. The van der Waals surface area contributed by atoms with Crippen LogP contribution in [-0.2, 0) is 19.6 Å². The van der Waals surface area contributed by atoms with E-state index >= 15 is 0 Å². The van der Waals surface area contributed by atoms with Crippen LogP contribution in [0.3, 0.4) is 0 Å². The Hall–Kier alpha value is -1.49. The number of rotatable bonds is 3. The highest BCUT2D eigenvalue weighted by Crippen LogP contribution is 2.32. The second-order valence-electron chi connectivity index (χ2n) is 4.32. The van der Waals surface area contributed by atoms with Crippen LogP contribution in [0.5, 0.6) is 0 Å². The van der Waals surface area contributed by atoms with Crippen LogP contribution in [0.2, 0.25) is 0 Å². The number of nitrogens with zero attached hydrogens (tertiary/aromatic N) is 1. The first-order valence-electron chi connectivity index (χ1n) is 5.73. The van der Waals surface area contributed by atoms with Crippen molar-refractivity contribution in [3.63, 3.8) is 0 Å². The number of alkyl halides is 3. The molecule has 0 bridgehead atoms. The van der Waals surface area contributed by atoms with Crippen molar-refractivity contribution in [2.45, 2.75) is 12.6 Å². The summed E-state index contributed by atoms with van der Waals surface area (Å²) in [5.74, 6) is 0. The van der Waals surface area contributed by atoms with Crippen molar-refractivity contribution in [2.24, 2.45) is 7.05 Å². The fourth-order valence-electron chi connectivity index (χ4n) is 2.08. The van der Waals surface area contributed by atoms with Crippen molar-refractivity contribution >= 4 is 10.9 Å². The summed E-state index contributed by atoms with van der Waals surface area (Å²) in [5, 5.41) is 3.67. The first-order valence-corrected chi connectivity index (χ1v) is 5.73. The molecule has 2 aromatic rings. The van der Waals surface area contributed by atoms with E-state index in [9.17, 15) is 13.2 Å². The lowest BCUT2D eigenvalue weighted by Crippen LogP contribution is -2.12. The number of hydrogen-bond donors (Lipinski definition) is 1. The maximum atomic E-state index is 12.6. The van der Waals surface area contributed by atoms with E-state index in [1.807, 2.05) is 24.7 Å². The summed E-state index contributed by atoms with van der Waals surface area (Å²) in [4.78, 5) is 0. The molecule has 0 saturated carbocycles. The van der Waals surface area contributed by atoms with Gasteiger partial charge in [-0.25, -0.2) is 0 Å². The summed E-state index contributed by atoms with van der Waals surface area (Å²) >= 11 is 0. The lowest BCUT2D eigenvalue weighted by atomic mass is 10.1. The Morgan fingerprint density at radius 1 is 1.22 bits per heavy atom. The molecule has 1 heterocycles. The molecule has 98 valence electrons. The molecule has 2 nitrogen and oxygen atoms in total. The maximum absolute atomic E-state index is 12.6. The number of nitrogens with one attached hydrogen (secondary N) is 1. The fourth-order valence-corrected chi connectivity index (χ4v) is 2.08. The Labute approximate surface area is 103 Å². The Balaban J connectivity index is 2.45. The summed E-state index contributed by atoms with van der Waals surface area (Å²) in [5.41, 5.74) is 1.26. The van der Waals surface area contributed by atoms with Crippen molar-refractivity contribution in [1.82, 2.24) is 9.88 Å². The van der Waals surface area contributed by atoms with Crippen molar-refractivity contribution in [3.05, 3.63) is 35.5 Å². The number of halogens is 3. The Morgan fingerprint density at radius 2 is 1.94 bits per heavy atom. The number of fused-ring (bicyclic) bond motifs is 1. The van der Waals surface area contributed by atoms with Gasteiger partial charge in [0.05, 0.1) is 5.56 Å². The normalized spacial score (nSPS) is 12.3. The molecule has 5 heteroatoms. The third-order valence-corrected chi connectivity index (χ3v) is 3.10. The first kappa shape index (κ1) is 13.0. The van der Waals surface area contributed by atoms with Gasteiger partial charge in [-0.05, 0) is 31.3 Å². The summed E-state index contributed by atoms with van der Waals surface area (Å²) < 4.78 is 39.8. The van der Waals surface area contributed by atoms with Crippen molar-refractivity contribution in [2.75, 3.05) is 13.6 Å². The van der Waals surface area contributed by atoms with Gasteiger partial charge in [0, 0.05) is 36.6 Å². The van der Waals surface area contributed by atoms with Crippen molar-refractivity contribution in [1.29, 1.82) is 0 Å². The molecule has 0 unspecified atom stereocenters. The van der Waals surface area contributed by atoms with E-state index < -0.39 is 11.7 Å². The van der Waals surface area contributed by atoms with Crippen LogP contribution in [0.4, 0.5) is 13.2 Å². The van der Waals surface area contributed by atoms with Gasteiger partial charge in [-0.3, -0.25) is 0 Å². The monoisotopic (exact) mass is 256 g/mol. The minimum atomic E-state index is -4.28. The predicted octanol–water partition coefficient (Wildman–Crippen LogP) is 2.96. The molecule has 1 aromatic carbocycles. The lowest BCUT2D eigenvalue weighted by molar-refractivity contribution is -0.137. The zero-order valence-electron chi connectivity index (χ0n) is 10.3. The molecule has 0 amide bonds. The molecule has 0 radical (unpaired) electrons. The van der Waals surface area contributed by atoms with Crippen LogP contribution >= 0.6 is 0 Å². The summed E-state index contributed by atoms with van der Waals surface area (Å²) in [6, 6.07) is 5.69. The SMILES string of the molecule is CNCCc1cc2cc(C(F)(F)F)ccc2n1C. The number of aromatic nitrogens is 1. The van der Waals surface area contributed by atoms with Gasteiger partial charge >= 0.3 is 6.18 Å². The minimum absolute atomic E-state index is 0.597. The molecule has 0 spiro atoms. The number of benzene rings is 1. The van der Waals surface area contributed by atoms with E-state index in [0.717, 1.165) is 30.2 Å². The standard InChI is InChI=1S/C13H15F3N2/c1-17-6-5-11-8-9-7-10(13(14,15)16)3-4-12(9)18(11)2/h3-4,7-8,17H,5-6H2,1-2H3. The first-order chi connectivity index (χ1) is 8.43. The highest BCUT2D eigenvalue weighted by Gasteiger charge is 2.30. The van der Waals surface area contributed by atoms with E-state index in [-0.39, 0.29) is 0 Å². The summed E-state index contributed by atoms with van der Waals surface area (Å²) in [6.07, 6.45) is -3.49. The Kier molecular flexibility index (Phi) is 3.34. The maximum Gasteiger partial charge on any atom is 0.416 e. The number of aryl methyl sites for hydroxylation is 1. The lowest BCUT2D eigenvalue weighted by Gasteiger charge is -2.07. The molecule has 0 saturated heterocycles. The number of likely N-dealkylation sites (N-methyl/N-ethyl adjacent to an activating group) is 1. The zero-order chi connectivity index (χ0) is 13.3. The van der Waals surface area contributed by atoms with Gasteiger partial charge in [-0.15, -0.1) is 0 Å². The minimum Gasteiger partial charge on any atom is -0.348 e. The highest BCUT2D eigenvalue weighted by atomic mass is 19.4. The van der Waals surface area contributed by atoms with Gasteiger partial charge in [0.15, 0.2) is 0 Å². The summed E-state index contributed by atoms with van der Waals surface area (Å²) in [7, 11) is 3.73. The van der Waals surface area contributed by atoms with E-state index in [1.165, 1.54) is 12.1 Å². The van der Waals surface area contributed by atoms with Crippen LogP contribution in [0.15, 0.2) is 24.3 Å². The molecule has 0 aliphatic rings. The molecule has 0 aliphatic carbocycles. The second kappa shape index (κ2) is 4.65. The molecule has 1 aromatic heterocycles. The topological polar surface area (TPSA) is 17.0 Å². The quantitative estimate of drug-likeness (QED) is 0.893. The van der Waals surface area contributed by atoms with Crippen LogP contribution in [-0.4, -0.2) is 18.2 Å². The number of hydrogen-bond acceptors (Lipinski definition) is 1. The zero-order valence-corrected chi connectivity index (χ0v) is 10.3. The highest BCUT2D eigenvalue weighted by molar-refractivity contribution is 5.82. The third kappa shape index (κ3) is 2.36.